The standard InChI is InChI=1S/C17H22N4O4/c1-12-4-3-5-14(16(12)24)17(25)19-18-13(2)10-15(23)21-8-6-20(11-22)7-9-21/h3-5,11,24H,6-10H2,1-2H3,(H,19,25)/b18-13+. The van der Waals surface area contributed by atoms with Crippen LogP contribution in [0.4, 0.5) is 0 Å². The number of hydrogen-bond acceptors (Lipinski definition) is 5. The molecule has 2 N–H and O–H groups in total. The number of hydrogen-bond donors (Lipinski definition) is 2. The van der Waals surface area contributed by atoms with Crippen LogP contribution in [0.1, 0.15) is 29.3 Å². The van der Waals surface area contributed by atoms with Crippen molar-refractivity contribution in [2.24, 2.45) is 5.10 Å². The van der Waals surface area contributed by atoms with Crippen LogP contribution in [0.25, 0.3) is 0 Å². The second-order valence-electron chi connectivity index (χ2n) is 5.96. The highest BCUT2D eigenvalue weighted by molar-refractivity contribution is 6.01. The van der Waals surface area contributed by atoms with Crippen LogP contribution >= 0.6 is 0 Å². The fourth-order valence-corrected chi connectivity index (χ4v) is 2.50. The van der Waals surface area contributed by atoms with Crippen molar-refractivity contribution in [3.8, 4) is 5.75 Å². The van der Waals surface area contributed by atoms with Crippen LogP contribution in [0.15, 0.2) is 23.3 Å². The minimum Gasteiger partial charge on any atom is -0.507 e. The number of aromatic hydroxyl groups is 1. The maximum Gasteiger partial charge on any atom is 0.275 e. The molecule has 1 aromatic rings. The molecule has 1 heterocycles. The summed E-state index contributed by atoms with van der Waals surface area (Å²) in [6.07, 6.45) is 0.867. The van der Waals surface area contributed by atoms with Gasteiger partial charge < -0.3 is 14.9 Å². The normalized spacial score (nSPS) is 15.0. The quantitative estimate of drug-likeness (QED) is 0.460. The zero-order chi connectivity index (χ0) is 18.4. The molecule has 1 saturated heterocycles. The molecule has 8 nitrogen and oxygen atoms in total. The van der Waals surface area contributed by atoms with Crippen LogP contribution in [0.3, 0.4) is 0 Å². The van der Waals surface area contributed by atoms with Crippen LogP contribution in [-0.4, -0.2) is 65.0 Å². The van der Waals surface area contributed by atoms with Crippen molar-refractivity contribution in [2.45, 2.75) is 20.3 Å². The lowest BCUT2D eigenvalue weighted by molar-refractivity contribution is -0.134. The van der Waals surface area contributed by atoms with E-state index in [1.807, 2.05) is 0 Å². The Balaban J connectivity index is 1.89. The SMILES string of the molecule is C/C(CC(=O)N1CCN(C=O)CC1)=N\NC(=O)c1cccc(C)c1O. The second-order valence-corrected chi connectivity index (χ2v) is 5.96. The lowest BCUT2D eigenvalue weighted by atomic mass is 10.1. The molecule has 3 amide bonds. The Morgan fingerprint density at radius 2 is 1.96 bits per heavy atom. The van der Waals surface area contributed by atoms with E-state index in [-0.39, 0.29) is 23.6 Å². The Labute approximate surface area is 146 Å². The highest BCUT2D eigenvalue weighted by Crippen LogP contribution is 2.21. The summed E-state index contributed by atoms with van der Waals surface area (Å²) < 4.78 is 0. The Morgan fingerprint density at radius 3 is 2.60 bits per heavy atom. The highest BCUT2D eigenvalue weighted by Gasteiger charge is 2.20. The molecular formula is C17H22N4O4. The number of phenols is 1. The summed E-state index contributed by atoms with van der Waals surface area (Å²) in [6.45, 7) is 5.38. The van der Waals surface area contributed by atoms with Gasteiger partial charge in [-0.1, -0.05) is 12.1 Å². The van der Waals surface area contributed by atoms with E-state index in [1.54, 1.807) is 35.8 Å². The van der Waals surface area contributed by atoms with Crippen molar-refractivity contribution >= 4 is 23.9 Å². The molecule has 134 valence electrons. The van der Waals surface area contributed by atoms with E-state index in [9.17, 15) is 19.5 Å². The van der Waals surface area contributed by atoms with Crippen molar-refractivity contribution in [2.75, 3.05) is 26.2 Å². The van der Waals surface area contributed by atoms with Gasteiger partial charge in [0.2, 0.25) is 12.3 Å². The average Bonchev–Trinajstić information content (AvgIpc) is 2.62. The van der Waals surface area contributed by atoms with E-state index < -0.39 is 5.91 Å². The van der Waals surface area contributed by atoms with E-state index in [0.717, 1.165) is 6.41 Å². The van der Waals surface area contributed by atoms with Crippen LogP contribution in [-0.2, 0) is 9.59 Å². The minimum absolute atomic E-state index is 0.0845. The maximum absolute atomic E-state index is 12.2. The molecule has 1 aliphatic rings. The number of aryl methyl sites for hydroxylation is 1. The second kappa shape index (κ2) is 8.27. The number of hydrazone groups is 1. The van der Waals surface area contributed by atoms with E-state index in [2.05, 4.69) is 10.5 Å². The highest BCUT2D eigenvalue weighted by atomic mass is 16.3. The molecule has 0 radical (unpaired) electrons. The first-order valence-electron chi connectivity index (χ1n) is 8.01. The van der Waals surface area contributed by atoms with E-state index in [1.165, 1.54) is 6.07 Å². The lowest BCUT2D eigenvalue weighted by Crippen LogP contribution is -2.48. The third-order valence-corrected chi connectivity index (χ3v) is 4.05. The number of amides is 3. The van der Waals surface area contributed by atoms with Crippen LogP contribution in [0.2, 0.25) is 0 Å². The third kappa shape index (κ3) is 4.79. The van der Waals surface area contributed by atoms with Gasteiger partial charge in [-0.05, 0) is 25.5 Å². The Morgan fingerprint density at radius 1 is 1.28 bits per heavy atom. The number of rotatable bonds is 5. The van der Waals surface area contributed by atoms with Crippen LogP contribution in [0, 0.1) is 6.92 Å². The molecule has 0 aromatic heterocycles. The van der Waals surface area contributed by atoms with Crippen molar-refractivity contribution in [1.82, 2.24) is 15.2 Å². The van der Waals surface area contributed by atoms with Gasteiger partial charge in [0, 0.05) is 31.9 Å². The van der Waals surface area contributed by atoms with Gasteiger partial charge in [0.15, 0.2) is 0 Å². The third-order valence-electron chi connectivity index (χ3n) is 4.05. The molecular weight excluding hydrogens is 324 g/mol. The number of nitrogens with one attached hydrogen (secondary N) is 1. The zero-order valence-corrected chi connectivity index (χ0v) is 14.4. The maximum atomic E-state index is 12.2. The molecule has 0 bridgehead atoms. The van der Waals surface area contributed by atoms with Gasteiger partial charge in [0.05, 0.1) is 12.0 Å². The number of carbonyl (C=O) groups excluding carboxylic acids is 3. The molecule has 1 aliphatic heterocycles. The van der Waals surface area contributed by atoms with E-state index in [4.69, 9.17) is 0 Å². The van der Waals surface area contributed by atoms with E-state index >= 15 is 0 Å². The number of para-hydroxylation sites is 1. The van der Waals surface area contributed by atoms with Gasteiger partial charge in [-0.15, -0.1) is 0 Å². The molecule has 8 heteroatoms. The first-order chi connectivity index (χ1) is 11.9. The molecule has 1 aromatic carbocycles. The van der Waals surface area contributed by atoms with Crippen molar-refractivity contribution in [3.63, 3.8) is 0 Å². The largest absolute Gasteiger partial charge is 0.507 e. The van der Waals surface area contributed by atoms with Crippen molar-refractivity contribution < 1.29 is 19.5 Å². The van der Waals surface area contributed by atoms with Gasteiger partial charge in [0.25, 0.3) is 5.91 Å². The first-order valence-corrected chi connectivity index (χ1v) is 8.01. The molecule has 1 fully saturated rings. The van der Waals surface area contributed by atoms with Crippen molar-refractivity contribution in [1.29, 1.82) is 0 Å². The predicted octanol–water partition coefficient (Wildman–Crippen LogP) is 0.497. The van der Waals surface area contributed by atoms with Gasteiger partial charge >= 0.3 is 0 Å². The molecule has 0 saturated carbocycles. The summed E-state index contributed by atoms with van der Waals surface area (Å²) in [5.74, 6) is -0.718. The van der Waals surface area contributed by atoms with Gasteiger partial charge in [-0.2, -0.15) is 5.10 Å². The molecule has 0 spiro atoms. The number of piperazine rings is 1. The summed E-state index contributed by atoms with van der Waals surface area (Å²) in [5.41, 5.74) is 3.54. The average molecular weight is 346 g/mol. The van der Waals surface area contributed by atoms with E-state index in [0.29, 0.717) is 37.5 Å². The molecule has 25 heavy (non-hydrogen) atoms. The summed E-state index contributed by atoms with van der Waals surface area (Å²) in [6, 6.07) is 4.87. The summed E-state index contributed by atoms with van der Waals surface area (Å²) in [7, 11) is 0. The topological polar surface area (TPSA) is 102 Å². The molecule has 0 aliphatic carbocycles. The zero-order valence-electron chi connectivity index (χ0n) is 14.4. The Kier molecular flexibility index (Phi) is 6.10. The lowest BCUT2D eigenvalue weighted by Gasteiger charge is -2.32. The Hall–Kier alpha value is -2.90. The van der Waals surface area contributed by atoms with Gasteiger partial charge in [-0.3, -0.25) is 14.4 Å². The monoisotopic (exact) mass is 346 g/mol. The molecule has 2 rings (SSSR count). The fourth-order valence-electron chi connectivity index (χ4n) is 2.50. The summed E-state index contributed by atoms with van der Waals surface area (Å²) in [4.78, 5) is 38.2. The predicted molar refractivity (Wildman–Crippen MR) is 92.3 cm³/mol. The number of nitrogens with zero attached hydrogens (tertiary/aromatic N) is 3. The van der Waals surface area contributed by atoms with Crippen LogP contribution in [0.5, 0.6) is 5.75 Å². The van der Waals surface area contributed by atoms with Crippen LogP contribution < -0.4 is 5.43 Å². The first kappa shape index (κ1) is 18.4. The van der Waals surface area contributed by atoms with Gasteiger partial charge in [-0.25, -0.2) is 5.43 Å². The van der Waals surface area contributed by atoms with Gasteiger partial charge in [0.1, 0.15) is 5.75 Å². The van der Waals surface area contributed by atoms with Crippen molar-refractivity contribution in [3.05, 3.63) is 29.3 Å². The number of benzene rings is 1. The summed E-state index contributed by atoms with van der Waals surface area (Å²) in [5, 5.41) is 13.8. The molecule has 0 atom stereocenters. The molecule has 0 unspecified atom stereocenters. The number of phenolic OH excluding ortho intramolecular Hbond substituents is 1. The number of carbonyl (C=O) groups is 3. The Bertz CT molecular complexity index is 694. The minimum atomic E-state index is -0.535. The smallest absolute Gasteiger partial charge is 0.275 e. The fraction of sp³-hybridized carbons (Fsp3) is 0.412. The summed E-state index contributed by atoms with van der Waals surface area (Å²) >= 11 is 0.